The molecule has 1 unspecified atom stereocenters. The van der Waals surface area contributed by atoms with Gasteiger partial charge in [-0.15, -0.1) is 0 Å². The number of benzene rings is 1. The van der Waals surface area contributed by atoms with Crippen molar-refractivity contribution in [3.63, 3.8) is 0 Å². The summed E-state index contributed by atoms with van der Waals surface area (Å²) < 4.78 is 0. The van der Waals surface area contributed by atoms with Gasteiger partial charge in [0.2, 0.25) is 5.60 Å². The molecule has 0 spiro atoms. The number of nitrogens with zero attached hydrogens (tertiary/aromatic N) is 2. The zero-order chi connectivity index (χ0) is 14.3. The number of fused-ring (bicyclic) bond motifs is 1. The van der Waals surface area contributed by atoms with Crippen molar-refractivity contribution in [1.29, 1.82) is 0 Å². The number of hydrogen-bond donors (Lipinski definition) is 1. The third kappa shape index (κ3) is 2.10. The summed E-state index contributed by atoms with van der Waals surface area (Å²) in [5.74, 6) is -0.526. The normalized spacial score (nSPS) is 21.6. The molecule has 3 rings (SSSR count). The van der Waals surface area contributed by atoms with Gasteiger partial charge in [-0.05, 0) is 25.1 Å². The molecule has 0 saturated carbocycles. The molecule has 2 aromatic rings. The highest BCUT2D eigenvalue weighted by Gasteiger charge is 2.40. The van der Waals surface area contributed by atoms with Crippen LogP contribution in [0.1, 0.15) is 18.9 Å². The molecule has 1 aliphatic heterocycles. The van der Waals surface area contributed by atoms with Gasteiger partial charge in [0.1, 0.15) is 0 Å². The molecule has 20 heavy (non-hydrogen) atoms. The summed E-state index contributed by atoms with van der Waals surface area (Å²) in [7, 11) is 0. The largest absolute Gasteiger partial charge is 0.379 e. The van der Waals surface area contributed by atoms with Crippen LogP contribution in [-0.2, 0) is 9.63 Å². The molecule has 1 aromatic heterocycles. The molecule has 5 nitrogen and oxygen atoms in total. The predicted octanol–water partition coefficient (Wildman–Crippen LogP) is 2.26. The van der Waals surface area contributed by atoms with Crippen LogP contribution in [0.4, 0.5) is 0 Å². The van der Waals surface area contributed by atoms with Crippen LogP contribution in [-0.4, -0.2) is 22.2 Å². The fraction of sp³-hybridized carbons (Fsp3) is 0.214. The van der Waals surface area contributed by atoms with E-state index in [1.54, 1.807) is 13.1 Å². The number of pyridine rings is 1. The predicted molar refractivity (Wildman–Crippen MR) is 76.6 cm³/mol. The van der Waals surface area contributed by atoms with Crippen LogP contribution in [0.5, 0.6) is 0 Å². The maximum Gasteiger partial charge on any atom is 0.264 e. The van der Waals surface area contributed by atoms with E-state index >= 15 is 0 Å². The van der Waals surface area contributed by atoms with Gasteiger partial charge in [-0.1, -0.05) is 22.8 Å². The fourth-order valence-corrected chi connectivity index (χ4v) is 2.28. The Balaban J connectivity index is 1.98. The van der Waals surface area contributed by atoms with Crippen LogP contribution in [0, 0.1) is 0 Å². The van der Waals surface area contributed by atoms with E-state index in [1.165, 1.54) is 0 Å². The van der Waals surface area contributed by atoms with E-state index in [0.29, 0.717) is 17.2 Å². The van der Waals surface area contributed by atoms with Crippen LogP contribution >= 0.6 is 11.6 Å². The van der Waals surface area contributed by atoms with Gasteiger partial charge >= 0.3 is 0 Å². The molecule has 2 N–H and O–H groups in total. The van der Waals surface area contributed by atoms with Gasteiger partial charge in [0.25, 0.3) is 5.91 Å². The highest BCUT2D eigenvalue weighted by Crippen LogP contribution is 2.27. The van der Waals surface area contributed by atoms with Gasteiger partial charge in [-0.2, -0.15) is 0 Å². The quantitative estimate of drug-likeness (QED) is 0.921. The monoisotopic (exact) mass is 289 g/mol. The lowest BCUT2D eigenvalue weighted by molar-refractivity contribution is -0.138. The van der Waals surface area contributed by atoms with Crippen molar-refractivity contribution in [2.24, 2.45) is 10.9 Å². The molecule has 0 bridgehead atoms. The number of halogens is 1. The lowest BCUT2D eigenvalue weighted by Crippen LogP contribution is -2.41. The van der Waals surface area contributed by atoms with E-state index in [0.717, 1.165) is 16.5 Å². The molecule has 2 heterocycles. The van der Waals surface area contributed by atoms with E-state index < -0.39 is 11.5 Å². The second-order valence-corrected chi connectivity index (χ2v) is 5.40. The first-order valence-corrected chi connectivity index (χ1v) is 6.46. The van der Waals surface area contributed by atoms with E-state index in [4.69, 9.17) is 22.2 Å². The summed E-state index contributed by atoms with van der Waals surface area (Å²) in [6.45, 7) is 1.63. The Bertz CT molecular complexity index is 744. The molecule has 6 heteroatoms. The first kappa shape index (κ1) is 12.9. The molecule has 0 saturated heterocycles. The number of carbonyl (C=O) groups excluding carboxylic acids is 1. The molecule has 1 atom stereocenters. The second kappa shape index (κ2) is 4.45. The van der Waals surface area contributed by atoms with Crippen molar-refractivity contribution in [2.45, 2.75) is 18.9 Å². The van der Waals surface area contributed by atoms with Crippen LogP contribution in [0.25, 0.3) is 10.9 Å². The first-order valence-electron chi connectivity index (χ1n) is 6.09. The standard InChI is InChI=1S/C14H12ClN3O2/c1-14(13(16)19)6-12(18-20-14)8-2-3-11-9(4-8)5-10(15)7-17-11/h2-5,7H,6H2,1H3,(H2,16,19). The Morgan fingerprint density at radius 2 is 2.25 bits per heavy atom. The maximum atomic E-state index is 11.4. The van der Waals surface area contributed by atoms with Gasteiger partial charge in [0.15, 0.2) is 0 Å². The van der Waals surface area contributed by atoms with E-state index in [9.17, 15) is 4.79 Å². The molecule has 1 aliphatic rings. The van der Waals surface area contributed by atoms with E-state index in [-0.39, 0.29) is 0 Å². The summed E-state index contributed by atoms with van der Waals surface area (Å²) in [5.41, 5.74) is 6.64. The highest BCUT2D eigenvalue weighted by atomic mass is 35.5. The number of hydrogen-bond acceptors (Lipinski definition) is 4. The average molecular weight is 290 g/mol. The van der Waals surface area contributed by atoms with Crippen molar-refractivity contribution in [3.05, 3.63) is 41.0 Å². The van der Waals surface area contributed by atoms with Crippen LogP contribution in [0.3, 0.4) is 0 Å². The van der Waals surface area contributed by atoms with E-state index in [1.807, 2.05) is 24.3 Å². The zero-order valence-electron chi connectivity index (χ0n) is 10.8. The Morgan fingerprint density at radius 3 is 2.95 bits per heavy atom. The van der Waals surface area contributed by atoms with Crippen LogP contribution in [0.2, 0.25) is 5.02 Å². The molecule has 102 valence electrons. The topological polar surface area (TPSA) is 77.6 Å². The Morgan fingerprint density at radius 1 is 1.45 bits per heavy atom. The van der Waals surface area contributed by atoms with Crippen molar-refractivity contribution in [2.75, 3.05) is 0 Å². The molecular weight excluding hydrogens is 278 g/mol. The lowest BCUT2D eigenvalue weighted by Gasteiger charge is -2.15. The minimum Gasteiger partial charge on any atom is -0.379 e. The number of nitrogens with two attached hydrogens (primary N) is 1. The second-order valence-electron chi connectivity index (χ2n) is 4.96. The zero-order valence-corrected chi connectivity index (χ0v) is 11.5. The third-order valence-corrected chi connectivity index (χ3v) is 3.57. The first-order chi connectivity index (χ1) is 9.48. The number of carbonyl (C=O) groups is 1. The van der Waals surface area contributed by atoms with Gasteiger partial charge in [0, 0.05) is 23.6 Å². The summed E-state index contributed by atoms with van der Waals surface area (Å²) in [6, 6.07) is 7.52. The van der Waals surface area contributed by atoms with Gasteiger partial charge in [-0.25, -0.2) is 0 Å². The molecule has 0 fully saturated rings. The van der Waals surface area contributed by atoms with Crippen molar-refractivity contribution < 1.29 is 9.63 Å². The average Bonchev–Trinajstić information content (AvgIpc) is 2.82. The molecule has 1 amide bonds. The molecule has 0 aliphatic carbocycles. The Kier molecular flexibility index (Phi) is 2.87. The third-order valence-electron chi connectivity index (χ3n) is 3.36. The Labute approximate surface area is 120 Å². The van der Waals surface area contributed by atoms with Crippen LogP contribution in [0.15, 0.2) is 35.6 Å². The van der Waals surface area contributed by atoms with Gasteiger partial charge in [0.05, 0.1) is 16.3 Å². The summed E-state index contributed by atoms with van der Waals surface area (Å²) in [6.07, 6.45) is 1.95. The summed E-state index contributed by atoms with van der Waals surface area (Å²) >= 11 is 5.94. The minimum atomic E-state index is -1.07. The number of amides is 1. The Hall–Kier alpha value is -2.14. The van der Waals surface area contributed by atoms with Crippen molar-refractivity contribution >= 4 is 34.1 Å². The van der Waals surface area contributed by atoms with Crippen LogP contribution < -0.4 is 5.73 Å². The summed E-state index contributed by atoms with van der Waals surface area (Å²) in [4.78, 5) is 20.8. The van der Waals surface area contributed by atoms with Gasteiger partial charge in [-0.3, -0.25) is 9.78 Å². The number of rotatable bonds is 2. The number of aromatic nitrogens is 1. The molecule has 1 aromatic carbocycles. The fourth-order valence-electron chi connectivity index (χ4n) is 2.11. The minimum absolute atomic E-state index is 0.349. The number of primary amides is 1. The van der Waals surface area contributed by atoms with Crippen molar-refractivity contribution in [3.8, 4) is 0 Å². The smallest absolute Gasteiger partial charge is 0.264 e. The maximum absolute atomic E-state index is 11.4. The lowest BCUT2D eigenvalue weighted by atomic mass is 9.95. The molecular formula is C14H12ClN3O2. The van der Waals surface area contributed by atoms with Gasteiger partial charge < -0.3 is 10.6 Å². The number of oxime groups is 1. The van der Waals surface area contributed by atoms with E-state index in [2.05, 4.69) is 10.1 Å². The summed E-state index contributed by atoms with van der Waals surface area (Å²) in [5, 5.41) is 5.45. The highest BCUT2D eigenvalue weighted by molar-refractivity contribution is 6.31. The molecule has 0 radical (unpaired) electrons. The SMILES string of the molecule is CC1(C(N)=O)CC(c2ccc3ncc(Cl)cc3c2)=NO1. The van der Waals surface area contributed by atoms with Crippen molar-refractivity contribution in [1.82, 2.24) is 4.98 Å².